The minimum Gasteiger partial charge on any atom is -0.375 e. The van der Waals surface area contributed by atoms with Crippen LogP contribution in [0, 0.1) is 17.3 Å². The number of carbonyl (C=O) groups is 1. The fraction of sp³-hybridized carbons (Fsp3) is 0.762. The highest BCUT2D eigenvalue weighted by Crippen LogP contribution is 2.60. The number of fused-ring (bicyclic) bond motifs is 4. The highest BCUT2D eigenvalue weighted by atomic mass is 16.5. The number of hydrogen-bond donors (Lipinski definition) is 0. The maximum Gasteiger partial charge on any atom is 0.156 e. The normalized spacial score (nSPS) is 39.9. The predicted molar refractivity (Wildman–Crippen MR) is 92.1 cm³/mol. The van der Waals surface area contributed by atoms with Crippen molar-refractivity contribution in [3.05, 3.63) is 22.8 Å². The first-order chi connectivity index (χ1) is 11.0. The van der Waals surface area contributed by atoms with Crippen LogP contribution in [0.5, 0.6) is 0 Å². The lowest BCUT2D eigenvalue weighted by atomic mass is 9.57. The van der Waals surface area contributed by atoms with Crippen molar-refractivity contribution in [3.63, 3.8) is 0 Å². The molecule has 2 nitrogen and oxygen atoms in total. The fourth-order valence-electron chi connectivity index (χ4n) is 6.03. The molecule has 0 radical (unpaired) electrons. The van der Waals surface area contributed by atoms with Crippen molar-refractivity contribution in [2.24, 2.45) is 17.3 Å². The Morgan fingerprint density at radius 1 is 1.13 bits per heavy atom. The zero-order valence-electron chi connectivity index (χ0n) is 14.9. The molecule has 0 amide bonds. The summed E-state index contributed by atoms with van der Waals surface area (Å²) >= 11 is 0. The van der Waals surface area contributed by atoms with Gasteiger partial charge in [-0.15, -0.1) is 0 Å². The molecule has 2 saturated carbocycles. The van der Waals surface area contributed by atoms with E-state index in [1.165, 1.54) is 37.7 Å². The van der Waals surface area contributed by atoms with Gasteiger partial charge in [-0.25, -0.2) is 0 Å². The fourth-order valence-corrected chi connectivity index (χ4v) is 6.03. The molecule has 126 valence electrons. The lowest BCUT2D eigenvalue weighted by Gasteiger charge is -2.49. The standard InChI is InChI=1S/C21H30O2/c1-13(2)23-20-9-8-19-18-6-4-14-12-15(22)5-7-16(14)17(18)10-11-21(19,20)3/h12-13,18-20H,4-11H2,1-3H3/t18?,19-,20-,21-/m0/s1. The molecule has 0 heterocycles. The number of allylic oxidation sites excluding steroid dienone is 4. The molecule has 0 aromatic rings. The summed E-state index contributed by atoms with van der Waals surface area (Å²) in [7, 11) is 0. The van der Waals surface area contributed by atoms with Gasteiger partial charge in [-0.3, -0.25) is 4.79 Å². The molecule has 2 heteroatoms. The van der Waals surface area contributed by atoms with Gasteiger partial charge in [0.1, 0.15) is 0 Å². The molecule has 4 aliphatic rings. The van der Waals surface area contributed by atoms with Crippen molar-refractivity contribution in [1.29, 1.82) is 0 Å². The van der Waals surface area contributed by atoms with Crippen LogP contribution in [-0.4, -0.2) is 18.0 Å². The highest BCUT2D eigenvalue weighted by Gasteiger charge is 2.54. The van der Waals surface area contributed by atoms with Crippen LogP contribution in [0.2, 0.25) is 0 Å². The van der Waals surface area contributed by atoms with Crippen LogP contribution < -0.4 is 0 Å². The quantitative estimate of drug-likeness (QED) is 0.718. The first-order valence-electron chi connectivity index (χ1n) is 9.60. The third-order valence-electron chi connectivity index (χ3n) is 7.08. The van der Waals surface area contributed by atoms with E-state index in [0.29, 0.717) is 23.4 Å². The topological polar surface area (TPSA) is 26.3 Å². The van der Waals surface area contributed by atoms with Crippen LogP contribution >= 0.6 is 0 Å². The van der Waals surface area contributed by atoms with Crippen LogP contribution in [0.15, 0.2) is 22.8 Å². The molecule has 4 rings (SSSR count). The van der Waals surface area contributed by atoms with E-state index in [4.69, 9.17) is 4.74 Å². The van der Waals surface area contributed by atoms with Crippen molar-refractivity contribution in [2.45, 2.75) is 84.3 Å². The van der Waals surface area contributed by atoms with Crippen LogP contribution in [0.3, 0.4) is 0 Å². The minimum atomic E-state index is 0.334. The zero-order chi connectivity index (χ0) is 16.2. The lowest BCUT2D eigenvalue weighted by molar-refractivity contribution is -0.114. The Hall–Kier alpha value is -0.890. The predicted octanol–water partition coefficient (Wildman–Crippen LogP) is 4.99. The molecule has 0 aromatic heterocycles. The summed E-state index contributed by atoms with van der Waals surface area (Å²) in [5.74, 6) is 1.89. The highest BCUT2D eigenvalue weighted by molar-refractivity contribution is 5.93. The maximum atomic E-state index is 11.7. The Morgan fingerprint density at radius 2 is 1.96 bits per heavy atom. The second-order valence-electron chi connectivity index (χ2n) is 8.65. The second kappa shape index (κ2) is 5.58. The van der Waals surface area contributed by atoms with Gasteiger partial charge in [0.2, 0.25) is 0 Å². The van der Waals surface area contributed by atoms with Gasteiger partial charge in [0.15, 0.2) is 5.78 Å². The number of rotatable bonds is 2. The molecule has 4 atom stereocenters. The average Bonchev–Trinajstić information content (AvgIpc) is 2.83. The van der Waals surface area contributed by atoms with E-state index in [1.807, 2.05) is 6.08 Å². The number of hydrogen-bond acceptors (Lipinski definition) is 2. The molecule has 23 heavy (non-hydrogen) atoms. The number of carbonyl (C=O) groups excluding carboxylic acids is 1. The third-order valence-corrected chi connectivity index (χ3v) is 7.08. The van der Waals surface area contributed by atoms with E-state index in [2.05, 4.69) is 20.8 Å². The summed E-state index contributed by atoms with van der Waals surface area (Å²) in [6.45, 7) is 6.84. The molecule has 0 bridgehead atoms. The van der Waals surface area contributed by atoms with Gasteiger partial charge < -0.3 is 4.74 Å². The van der Waals surface area contributed by atoms with Crippen molar-refractivity contribution >= 4 is 5.78 Å². The zero-order valence-corrected chi connectivity index (χ0v) is 14.9. The summed E-state index contributed by atoms with van der Waals surface area (Å²) < 4.78 is 6.31. The Labute approximate surface area is 140 Å². The SMILES string of the molecule is CC(C)O[C@H]1CC[C@H]2C3CCC4=CC(=O)CCC4=C3CC[C@]12C. The van der Waals surface area contributed by atoms with Gasteiger partial charge in [0, 0.05) is 6.42 Å². The molecular formula is C21H30O2. The van der Waals surface area contributed by atoms with Crippen LogP contribution in [0.25, 0.3) is 0 Å². The first-order valence-corrected chi connectivity index (χ1v) is 9.60. The van der Waals surface area contributed by atoms with Crippen molar-refractivity contribution in [2.75, 3.05) is 0 Å². The largest absolute Gasteiger partial charge is 0.375 e. The van der Waals surface area contributed by atoms with Crippen LogP contribution in [0.4, 0.5) is 0 Å². The van der Waals surface area contributed by atoms with Gasteiger partial charge in [-0.2, -0.15) is 0 Å². The molecule has 1 unspecified atom stereocenters. The molecule has 0 saturated heterocycles. The summed E-state index contributed by atoms with van der Waals surface area (Å²) in [5.41, 5.74) is 5.05. The lowest BCUT2D eigenvalue weighted by Crippen LogP contribution is -2.43. The van der Waals surface area contributed by atoms with Gasteiger partial charge in [-0.05, 0) is 93.3 Å². The third kappa shape index (κ3) is 2.45. The molecule has 2 fully saturated rings. The summed E-state index contributed by atoms with van der Waals surface area (Å²) in [6, 6.07) is 0. The van der Waals surface area contributed by atoms with E-state index in [0.717, 1.165) is 31.1 Å². The maximum absolute atomic E-state index is 11.7. The van der Waals surface area contributed by atoms with E-state index in [-0.39, 0.29) is 0 Å². The molecule has 4 aliphatic carbocycles. The number of ether oxygens (including phenoxy) is 1. The second-order valence-corrected chi connectivity index (χ2v) is 8.65. The Bertz CT molecular complexity index is 583. The molecular weight excluding hydrogens is 284 g/mol. The summed E-state index contributed by atoms with van der Waals surface area (Å²) in [4.78, 5) is 11.7. The first kappa shape index (κ1) is 15.6. The average molecular weight is 314 g/mol. The Balaban J connectivity index is 1.65. The van der Waals surface area contributed by atoms with E-state index in [1.54, 1.807) is 11.1 Å². The molecule has 0 aliphatic heterocycles. The monoisotopic (exact) mass is 314 g/mol. The van der Waals surface area contributed by atoms with Crippen molar-refractivity contribution in [3.8, 4) is 0 Å². The number of ketones is 1. The van der Waals surface area contributed by atoms with Crippen molar-refractivity contribution in [1.82, 2.24) is 0 Å². The van der Waals surface area contributed by atoms with Crippen molar-refractivity contribution < 1.29 is 9.53 Å². The van der Waals surface area contributed by atoms with Crippen LogP contribution in [-0.2, 0) is 9.53 Å². The molecule has 0 aromatic carbocycles. The van der Waals surface area contributed by atoms with Gasteiger partial charge in [0.25, 0.3) is 0 Å². The minimum absolute atomic E-state index is 0.334. The smallest absolute Gasteiger partial charge is 0.156 e. The summed E-state index contributed by atoms with van der Waals surface area (Å²) in [6.07, 6.45) is 11.9. The van der Waals surface area contributed by atoms with Crippen LogP contribution in [0.1, 0.15) is 72.1 Å². The van der Waals surface area contributed by atoms with E-state index < -0.39 is 0 Å². The molecule has 0 spiro atoms. The van der Waals surface area contributed by atoms with Gasteiger partial charge >= 0.3 is 0 Å². The summed E-state index contributed by atoms with van der Waals surface area (Å²) in [5, 5.41) is 0. The Kier molecular flexibility index (Phi) is 3.79. The van der Waals surface area contributed by atoms with Gasteiger partial charge in [0.05, 0.1) is 12.2 Å². The Morgan fingerprint density at radius 3 is 2.74 bits per heavy atom. The van der Waals surface area contributed by atoms with E-state index >= 15 is 0 Å². The van der Waals surface area contributed by atoms with Gasteiger partial charge in [-0.1, -0.05) is 12.5 Å². The molecule has 0 N–H and O–H groups in total. The van der Waals surface area contributed by atoms with E-state index in [9.17, 15) is 4.79 Å².